The topological polar surface area (TPSA) is 84.2 Å². The first kappa shape index (κ1) is 29.2. The Hall–Kier alpha value is -4.30. The summed E-state index contributed by atoms with van der Waals surface area (Å²) < 4.78 is 1.57. The maximum atomic E-state index is 14.1. The summed E-state index contributed by atoms with van der Waals surface area (Å²) in [5, 5.41) is 1.07. The van der Waals surface area contributed by atoms with Crippen LogP contribution in [0.2, 0.25) is 5.02 Å². The van der Waals surface area contributed by atoms with Crippen LogP contribution in [0.1, 0.15) is 50.4 Å². The third-order valence-electron chi connectivity index (χ3n) is 7.81. The number of fused-ring (bicyclic) bond motifs is 1. The van der Waals surface area contributed by atoms with Crippen LogP contribution in [-0.2, 0) is 4.79 Å². The van der Waals surface area contributed by atoms with E-state index in [1.165, 1.54) is 6.08 Å². The number of aryl methyl sites for hydroxylation is 1. The van der Waals surface area contributed by atoms with E-state index in [1.807, 2.05) is 71.0 Å². The van der Waals surface area contributed by atoms with Gasteiger partial charge in [0.2, 0.25) is 5.91 Å². The molecule has 8 nitrogen and oxygen atoms in total. The van der Waals surface area contributed by atoms with Gasteiger partial charge in [-0.1, -0.05) is 68.9 Å². The van der Waals surface area contributed by atoms with Gasteiger partial charge in [0.15, 0.2) is 5.65 Å². The van der Waals surface area contributed by atoms with Crippen molar-refractivity contribution >= 4 is 40.4 Å². The normalized spacial score (nSPS) is 17.1. The highest BCUT2D eigenvalue weighted by Gasteiger charge is 2.34. The van der Waals surface area contributed by atoms with E-state index in [0.717, 1.165) is 22.4 Å². The maximum absolute atomic E-state index is 14.1. The smallest absolute Gasteiger partial charge is 0.347 e. The average Bonchev–Trinajstić information content (AvgIpc) is 2.96. The van der Waals surface area contributed by atoms with Crippen LogP contribution in [0.25, 0.3) is 34.1 Å². The highest BCUT2D eigenvalue weighted by molar-refractivity contribution is 6.34. The highest BCUT2D eigenvalue weighted by Crippen LogP contribution is 2.37. The molecule has 1 amide bonds. The minimum atomic E-state index is -0.461. The van der Waals surface area contributed by atoms with Crippen LogP contribution in [0, 0.1) is 6.92 Å². The summed E-state index contributed by atoms with van der Waals surface area (Å²) in [7, 11) is 0. The fraction of sp³-hybridized carbons (Fsp3) is 0.303. The van der Waals surface area contributed by atoms with Crippen LogP contribution in [0.15, 0.2) is 66.6 Å². The van der Waals surface area contributed by atoms with E-state index in [4.69, 9.17) is 16.6 Å². The Morgan fingerprint density at radius 3 is 2.45 bits per heavy atom. The van der Waals surface area contributed by atoms with Crippen molar-refractivity contribution in [1.29, 1.82) is 0 Å². The van der Waals surface area contributed by atoms with Gasteiger partial charge in [-0.15, -0.1) is 0 Å². The number of nitrogens with zero attached hydrogens (tertiary/aromatic N) is 6. The minimum Gasteiger partial charge on any atom is -0.347 e. The summed E-state index contributed by atoms with van der Waals surface area (Å²) in [6.45, 7) is 18.6. The Morgan fingerprint density at radius 1 is 1.12 bits per heavy atom. The molecule has 5 rings (SSSR count). The lowest BCUT2D eigenvalue weighted by Crippen LogP contribution is -2.58. The number of hydrogen-bond acceptors (Lipinski definition) is 6. The van der Waals surface area contributed by atoms with Crippen molar-refractivity contribution in [2.45, 2.75) is 52.6 Å². The van der Waals surface area contributed by atoms with E-state index in [0.29, 0.717) is 46.3 Å². The lowest BCUT2D eigenvalue weighted by Gasteiger charge is -2.45. The Kier molecular flexibility index (Phi) is 8.01. The Balaban J connectivity index is 1.85. The Bertz CT molecular complexity index is 1770. The summed E-state index contributed by atoms with van der Waals surface area (Å²) in [5.41, 5.74) is 4.53. The molecule has 0 aliphatic carbocycles. The van der Waals surface area contributed by atoms with Crippen molar-refractivity contribution in [2.75, 3.05) is 18.0 Å². The zero-order valence-electron chi connectivity index (χ0n) is 24.6. The van der Waals surface area contributed by atoms with Gasteiger partial charge in [0.05, 0.1) is 27.5 Å². The second-order valence-electron chi connectivity index (χ2n) is 11.1. The molecule has 1 fully saturated rings. The van der Waals surface area contributed by atoms with Gasteiger partial charge >= 0.3 is 5.69 Å². The average molecular weight is 585 g/mol. The van der Waals surface area contributed by atoms with Gasteiger partial charge in [0.1, 0.15) is 5.82 Å². The third-order valence-corrected chi connectivity index (χ3v) is 8.10. The van der Waals surface area contributed by atoms with Gasteiger partial charge in [-0.3, -0.25) is 9.78 Å². The molecule has 4 heterocycles. The molecule has 1 aliphatic heterocycles. The van der Waals surface area contributed by atoms with Crippen LogP contribution in [0.5, 0.6) is 0 Å². The third kappa shape index (κ3) is 5.00. The number of piperazine rings is 1. The Labute approximate surface area is 251 Å². The number of amides is 1. The fourth-order valence-electron chi connectivity index (χ4n) is 5.92. The number of halogens is 1. The van der Waals surface area contributed by atoms with Gasteiger partial charge in [0.25, 0.3) is 0 Å². The Morgan fingerprint density at radius 2 is 1.81 bits per heavy atom. The first-order chi connectivity index (χ1) is 20.1. The monoisotopic (exact) mass is 584 g/mol. The number of carbonyl (C=O) groups excluding carboxylic acids is 1. The zero-order valence-corrected chi connectivity index (χ0v) is 25.4. The number of anilines is 1. The lowest BCUT2D eigenvalue weighted by atomic mass is 10.0. The maximum Gasteiger partial charge on any atom is 0.355 e. The number of pyridine rings is 2. The molecule has 42 heavy (non-hydrogen) atoms. The molecule has 1 aliphatic rings. The molecular weight excluding hydrogens is 550 g/mol. The molecule has 216 valence electrons. The molecule has 1 aromatic carbocycles. The summed E-state index contributed by atoms with van der Waals surface area (Å²) in [6, 6.07) is 11.2. The van der Waals surface area contributed by atoms with Crippen molar-refractivity contribution in [3.8, 4) is 16.9 Å². The van der Waals surface area contributed by atoms with E-state index < -0.39 is 5.69 Å². The second-order valence-corrected chi connectivity index (χ2v) is 11.5. The quantitative estimate of drug-likeness (QED) is 0.199. The molecule has 0 bridgehead atoms. The highest BCUT2D eigenvalue weighted by atomic mass is 35.5. The first-order valence-corrected chi connectivity index (χ1v) is 14.5. The number of carbonyl (C=O) groups is 1. The van der Waals surface area contributed by atoms with Gasteiger partial charge in [0, 0.05) is 36.9 Å². The number of hydrogen-bond donors (Lipinski definition) is 0. The first-order valence-electron chi connectivity index (χ1n) is 14.1. The molecular formula is C33H35ClN6O2. The molecule has 0 spiro atoms. The van der Waals surface area contributed by atoms with Crippen LogP contribution in [-0.4, -0.2) is 55.5 Å². The standard InChI is InChI=1S/C33H35ClN6O2/c1-8-23-12-10-11-13-24(23)29-26(34)16-25-31(36-29)40(30-20(5)14-15-35-28(30)19(3)4)33(42)37-32(25)39-21(6)17-38(18-22(39)7)27(41)9-2/h8-16,19,21-22H,1-2,17-18H2,3-7H3/t21-,22-/m0/s1/i41+2. The number of benzene rings is 1. The van der Waals surface area contributed by atoms with Crippen LogP contribution in [0.3, 0.4) is 0 Å². The van der Waals surface area contributed by atoms with Crippen molar-refractivity contribution in [3.05, 3.63) is 94.2 Å². The van der Waals surface area contributed by atoms with Gasteiger partial charge in [-0.05, 0) is 56.0 Å². The zero-order chi connectivity index (χ0) is 30.3. The minimum absolute atomic E-state index is 0.0466. The van der Waals surface area contributed by atoms with Crippen molar-refractivity contribution in [2.24, 2.45) is 0 Å². The molecule has 0 saturated carbocycles. The fourth-order valence-corrected chi connectivity index (χ4v) is 6.17. The van der Waals surface area contributed by atoms with Crippen molar-refractivity contribution in [1.82, 2.24) is 24.4 Å². The largest absolute Gasteiger partial charge is 0.355 e. The molecule has 2 atom stereocenters. The summed E-state index contributed by atoms with van der Waals surface area (Å²) >= 11 is 6.98. The number of aromatic nitrogens is 4. The molecule has 0 unspecified atom stereocenters. The SMILES string of the molecule is C=CC(=[18O])N1C[C@H](C)N(c2nc(=O)n(-c3c(C)ccnc3C(C)C)c3nc(-c4ccccc4C=C)c(Cl)cc23)[C@@H](C)C1. The molecule has 9 heteroatoms. The molecule has 3 aromatic heterocycles. The van der Waals surface area contributed by atoms with Crippen LogP contribution >= 0.6 is 11.6 Å². The molecule has 0 radical (unpaired) electrons. The molecule has 0 N–H and O–H groups in total. The summed E-state index contributed by atoms with van der Waals surface area (Å²) in [4.78, 5) is 44.9. The van der Waals surface area contributed by atoms with E-state index in [1.54, 1.807) is 21.7 Å². The van der Waals surface area contributed by atoms with E-state index in [9.17, 15) is 9.59 Å². The molecule has 4 aromatic rings. The van der Waals surface area contributed by atoms with Crippen LogP contribution < -0.4 is 10.6 Å². The van der Waals surface area contributed by atoms with Crippen molar-refractivity contribution < 1.29 is 4.79 Å². The summed E-state index contributed by atoms with van der Waals surface area (Å²) in [5.74, 6) is 0.415. The predicted octanol–water partition coefficient (Wildman–Crippen LogP) is 6.18. The summed E-state index contributed by atoms with van der Waals surface area (Å²) in [6.07, 6.45) is 4.85. The van der Waals surface area contributed by atoms with Gasteiger partial charge in [-0.2, -0.15) is 4.98 Å². The van der Waals surface area contributed by atoms with E-state index in [2.05, 4.69) is 28.0 Å². The van der Waals surface area contributed by atoms with Gasteiger partial charge in [-0.25, -0.2) is 14.3 Å². The van der Waals surface area contributed by atoms with Crippen molar-refractivity contribution in [3.63, 3.8) is 0 Å². The second kappa shape index (κ2) is 11.5. The van der Waals surface area contributed by atoms with E-state index >= 15 is 0 Å². The number of rotatable bonds is 6. The molecule has 1 saturated heterocycles. The lowest BCUT2D eigenvalue weighted by molar-refractivity contribution is -0.127. The predicted molar refractivity (Wildman–Crippen MR) is 170 cm³/mol. The van der Waals surface area contributed by atoms with Crippen LogP contribution in [0.4, 0.5) is 5.82 Å². The van der Waals surface area contributed by atoms with E-state index in [-0.39, 0.29) is 23.9 Å². The van der Waals surface area contributed by atoms with Gasteiger partial charge < -0.3 is 9.80 Å².